The Hall–Kier alpha value is -3.76. The minimum Gasteiger partial charge on any atom is -0.330 e. The minimum absolute atomic E-state index is 0.167. The first-order valence-corrected chi connectivity index (χ1v) is 12.6. The van der Waals surface area contributed by atoms with Gasteiger partial charge in [0.2, 0.25) is 0 Å². The van der Waals surface area contributed by atoms with Gasteiger partial charge in [-0.05, 0) is 45.6 Å². The monoisotopic (exact) mass is 503 g/mol. The molecule has 0 fully saturated rings. The molecular formula is C26H29N7O2S. The molecule has 0 spiro atoms. The average molecular weight is 504 g/mol. The van der Waals surface area contributed by atoms with Crippen LogP contribution in [0.4, 0.5) is 10.6 Å². The molecule has 36 heavy (non-hydrogen) atoms. The van der Waals surface area contributed by atoms with Gasteiger partial charge in [-0.2, -0.15) is 5.10 Å². The lowest BCUT2D eigenvalue weighted by Crippen LogP contribution is -2.48. The zero-order valence-electron chi connectivity index (χ0n) is 20.7. The van der Waals surface area contributed by atoms with Crippen LogP contribution in [-0.2, 0) is 12.1 Å². The molecule has 1 aliphatic heterocycles. The summed E-state index contributed by atoms with van der Waals surface area (Å²) >= 11 is 1.34. The highest BCUT2D eigenvalue weighted by atomic mass is 32.1. The molecule has 5 rings (SSSR count). The van der Waals surface area contributed by atoms with Crippen molar-refractivity contribution in [2.24, 2.45) is 0 Å². The van der Waals surface area contributed by atoms with Crippen molar-refractivity contribution in [3.8, 4) is 0 Å². The second kappa shape index (κ2) is 9.36. The summed E-state index contributed by atoms with van der Waals surface area (Å²) < 4.78 is 0.949. The van der Waals surface area contributed by atoms with Crippen molar-refractivity contribution in [3.05, 3.63) is 76.4 Å². The largest absolute Gasteiger partial charge is 0.330 e. The number of para-hydroxylation sites is 1. The third-order valence-electron chi connectivity index (χ3n) is 6.48. The Kier molecular flexibility index (Phi) is 6.23. The number of nitrogens with one attached hydrogen (secondary N) is 3. The topological polar surface area (TPSA) is 106 Å². The number of aromatic nitrogens is 3. The van der Waals surface area contributed by atoms with E-state index in [1.54, 1.807) is 4.90 Å². The van der Waals surface area contributed by atoms with Crippen LogP contribution < -0.4 is 10.6 Å². The van der Waals surface area contributed by atoms with Gasteiger partial charge in [0.05, 0.1) is 34.0 Å². The van der Waals surface area contributed by atoms with Crippen LogP contribution in [0.25, 0.3) is 10.2 Å². The van der Waals surface area contributed by atoms with Crippen molar-refractivity contribution in [1.82, 2.24) is 30.3 Å². The summed E-state index contributed by atoms with van der Waals surface area (Å²) in [5.41, 5.74) is 2.80. The number of benzene rings is 2. The normalized spacial score (nSPS) is 15.2. The highest BCUT2D eigenvalue weighted by molar-refractivity contribution is 7.20. The minimum atomic E-state index is -0.634. The number of thiazole rings is 1. The van der Waals surface area contributed by atoms with Gasteiger partial charge in [0.1, 0.15) is 0 Å². The fourth-order valence-electron chi connectivity index (χ4n) is 4.59. The highest BCUT2D eigenvalue weighted by Gasteiger charge is 2.44. The Morgan fingerprint density at radius 3 is 2.58 bits per heavy atom. The molecule has 9 nitrogen and oxygen atoms in total. The van der Waals surface area contributed by atoms with Crippen LogP contribution in [0.5, 0.6) is 0 Å². The van der Waals surface area contributed by atoms with Gasteiger partial charge in [-0.25, -0.2) is 9.78 Å². The molecule has 1 atom stereocenters. The number of fused-ring (bicyclic) bond motifs is 2. The SMILES string of the molecule is CN(C)C[C@@H](NC(=O)N1Cc2c(NC(=O)c3nc4ccccc4s3)n[nH]c2C1(C)C)c1ccccc1. The number of carbonyl (C=O) groups excluding carboxylic acids is 2. The van der Waals surface area contributed by atoms with E-state index in [0.29, 0.717) is 23.9 Å². The van der Waals surface area contributed by atoms with Crippen molar-refractivity contribution in [1.29, 1.82) is 0 Å². The number of nitrogens with zero attached hydrogens (tertiary/aromatic N) is 4. The van der Waals surface area contributed by atoms with Crippen molar-refractivity contribution in [2.45, 2.75) is 32.0 Å². The van der Waals surface area contributed by atoms with E-state index < -0.39 is 5.54 Å². The van der Waals surface area contributed by atoms with Gasteiger partial charge < -0.3 is 20.4 Å². The zero-order chi connectivity index (χ0) is 25.4. The van der Waals surface area contributed by atoms with E-state index in [1.165, 1.54) is 11.3 Å². The summed E-state index contributed by atoms with van der Waals surface area (Å²) in [6.07, 6.45) is 0. The fraction of sp³-hybridized carbons (Fsp3) is 0.308. The molecule has 0 aliphatic carbocycles. The first-order valence-electron chi connectivity index (χ1n) is 11.8. The molecule has 0 bridgehead atoms. The lowest BCUT2D eigenvalue weighted by Gasteiger charge is -2.34. The molecule has 0 saturated heterocycles. The summed E-state index contributed by atoms with van der Waals surface area (Å²) in [5.74, 6) is 0.104. The number of H-pyrrole nitrogens is 1. The quantitative estimate of drug-likeness (QED) is 0.363. The number of rotatable bonds is 6. The summed E-state index contributed by atoms with van der Waals surface area (Å²) in [6, 6.07) is 17.2. The van der Waals surface area contributed by atoms with Crippen LogP contribution in [0, 0.1) is 0 Å². The summed E-state index contributed by atoms with van der Waals surface area (Å²) in [6.45, 7) is 4.93. The maximum Gasteiger partial charge on any atom is 0.319 e. The van der Waals surface area contributed by atoms with E-state index in [2.05, 4.69) is 30.7 Å². The predicted octanol–water partition coefficient (Wildman–Crippen LogP) is 4.33. The maximum absolute atomic E-state index is 13.5. The Bertz CT molecular complexity index is 1380. The van der Waals surface area contributed by atoms with Crippen molar-refractivity contribution in [3.63, 3.8) is 0 Å². The van der Waals surface area contributed by atoms with E-state index in [1.807, 2.05) is 82.5 Å². The number of hydrogen-bond acceptors (Lipinski definition) is 6. The molecular weight excluding hydrogens is 474 g/mol. The van der Waals surface area contributed by atoms with Crippen molar-refractivity contribution in [2.75, 3.05) is 26.0 Å². The Balaban J connectivity index is 1.34. The molecule has 10 heteroatoms. The average Bonchev–Trinajstić information content (AvgIpc) is 3.53. The number of likely N-dealkylation sites (N-methyl/N-ethyl adjacent to an activating group) is 1. The van der Waals surface area contributed by atoms with Gasteiger partial charge >= 0.3 is 6.03 Å². The van der Waals surface area contributed by atoms with E-state index in [9.17, 15) is 9.59 Å². The Morgan fingerprint density at radius 1 is 1.14 bits per heavy atom. The highest BCUT2D eigenvalue weighted by Crippen LogP contribution is 2.40. The molecule has 0 saturated carbocycles. The molecule has 0 radical (unpaired) electrons. The number of urea groups is 1. The van der Waals surface area contributed by atoms with Gasteiger partial charge in [-0.3, -0.25) is 9.89 Å². The maximum atomic E-state index is 13.5. The number of aromatic amines is 1. The number of anilines is 1. The first kappa shape index (κ1) is 24.0. The lowest BCUT2D eigenvalue weighted by molar-refractivity contribution is 0.102. The molecule has 4 aromatic rings. The van der Waals surface area contributed by atoms with Crippen LogP contribution in [0.3, 0.4) is 0 Å². The van der Waals surface area contributed by atoms with Crippen LogP contribution in [0.1, 0.15) is 46.5 Å². The number of hydrogen-bond donors (Lipinski definition) is 3. The fourth-order valence-corrected chi connectivity index (χ4v) is 5.45. The molecule has 2 aromatic carbocycles. The van der Waals surface area contributed by atoms with Gasteiger partial charge in [-0.1, -0.05) is 42.5 Å². The zero-order valence-corrected chi connectivity index (χ0v) is 21.5. The predicted molar refractivity (Wildman–Crippen MR) is 141 cm³/mol. The van der Waals surface area contributed by atoms with E-state index in [4.69, 9.17) is 0 Å². The van der Waals surface area contributed by atoms with Crippen LogP contribution in [0.15, 0.2) is 54.6 Å². The molecule has 2 aromatic heterocycles. The van der Waals surface area contributed by atoms with Crippen molar-refractivity contribution >= 4 is 39.3 Å². The number of carbonyl (C=O) groups is 2. The van der Waals surface area contributed by atoms with E-state index in [0.717, 1.165) is 27.0 Å². The molecule has 3 heterocycles. The molecule has 186 valence electrons. The first-order chi connectivity index (χ1) is 17.2. The molecule has 1 aliphatic rings. The molecule has 0 unspecified atom stereocenters. The second-order valence-corrected chi connectivity index (χ2v) is 10.7. The van der Waals surface area contributed by atoms with Gasteiger partial charge in [0.25, 0.3) is 5.91 Å². The summed E-state index contributed by atoms with van der Waals surface area (Å²) in [5, 5.41) is 13.9. The van der Waals surface area contributed by atoms with Crippen LogP contribution in [0.2, 0.25) is 0 Å². The standard InChI is InChI=1S/C26H29N7O2S/c1-26(2)21-17(14-33(26)25(35)28-19(15-32(3)4)16-10-6-5-7-11-16)22(31-30-21)29-23(34)24-27-18-12-8-9-13-20(18)36-24/h5-13,19H,14-15H2,1-4H3,(H,28,35)(H2,29,30,31,34)/t19-/m1/s1. The second-order valence-electron chi connectivity index (χ2n) is 9.69. The van der Waals surface area contributed by atoms with E-state index >= 15 is 0 Å². The van der Waals surface area contributed by atoms with Crippen LogP contribution in [-0.4, -0.2) is 57.6 Å². The third-order valence-corrected chi connectivity index (χ3v) is 7.52. The Morgan fingerprint density at radius 2 is 1.86 bits per heavy atom. The smallest absolute Gasteiger partial charge is 0.319 e. The number of amides is 3. The van der Waals surface area contributed by atoms with Crippen LogP contribution >= 0.6 is 11.3 Å². The molecule has 3 amide bonds. The summed E-state index contributed by atoms with van der Waals surface area (Å²) in [7, 11) is 3.97. The lowest BCUT2D eigenvalue weighted by atomic mass is 10.0. The van der Waals surface area contributed by atoms with E-state index in [-0.39, 0.29) is 18.0 Å². The van der Waals surface area contributed by atoms with Gasteiger partial charge in [0.15, 0.2) is 10.8 Å². The van der Waals surface area contributed by atoms with Gasteiger partial charge in [0, 0.05) is 12.1 Å². The Labute approximate surface area is 213 Å². The van der Waals surface area contributed by atoms with Crippen molar-refractivity contribution < 1.29 is 9.59 Å². The molecule has 3 N–H and O–H groups in total. The van der Waals surface area contributed by atoms with Gasteiger partial charge in [-0.15, -0.1) is 11.3 Å². The summed E-state index contributed by atoms with van der Waals surface area (Å²) in [4.78, 5) is 34.7. The third kappa shape index (κ3) is 4.45.